The normalized spacial score (nSPS) is 25.9. The van der Waals surface area contributed by atoms with Crippen LogP contribution in [0.4, 0.5) is 0 Å². The Morgan fingerprint density at radius 1 is 1.04 bits per heavy atom. The predicted molar refractivity (Wildman–Crippen MR) is 93.6 cm³/mol. The van der Waals surface area contributed by atoms with Gasteiger partial charge in [0.25, 0.3) is 0 Å². The molecule has 23 heavy (non-hydrogen) atoms. The number of rotatable bonds is 4. The van der Waals surface area contributed by atoms with Crippen LogP contribution in [0.15, 0.2) is 36.5 Å². The van der Waals surface area contributed by atoms with E-state index in [0.29, 0.717) is 18.0 Å². The molecule has 3 nitrogen and oxygen atoms in total. The van der Waals surface area contributed by atoms with E-state index in [-0.39, 0.29) is 0 Å². The fourth-order valence-corrected chi connectivity index (χ4v) is 4.17. The van der Waals surface area contributed by atoms with E-state index in [0.717, 1.165) is 25.2 Å². The van der Waals surface area contributed by atoms with Crippen LogP contribution in [0.5, 0.6) is 0 Å². The molecule has 1 aliphatic heterocycles. The molecule has 0 bridgehead atoms. The summed E-state index contributed by atoms with van der Waals surface area (Å²) in [4.78, 5) is 4.48. The third kappa shape index (κ3) is 3.41. The lowest BCUT2D eigenvalue weighted by atomic mass is 9.90. The van der Waals surface area contributed by atoms with Crippen molar-refractivity contribution in [1.82, 2.24) is 10.3 Å². The quantitative estimate of drug-likeness (QED) is 0.934. The topological polar surface area (TPSA) is 34.1 Å². The fourth-order valence-electron chi connectivity index (χ4n) is 4.17. The third-order valence-electron chi connectivity index (χ3n) is 5.47. The SMILES string of the molecule is c1ccc2c(C[C@@H]3COC[C@@H]3NC3CCCCC3)ccnc2c1. The van der Waals surface area contributed by atoms with Gasteiger partial charge in [-0.3, -0.25) is 4.98 Å². The lowest BCUT2D eigenvalue weighted by Crippen LogP contribution is -2.44. The van der Waals surface area contributed by atoms with Gasteiger partial charge >= 0.3 is 0 Å². The summed E-state index contributed by atoms with van der Waals surface area (Å²) in [5, 5.41) is 5.19. The Morgan fingerprint density at radius 2 is 1.91 bits per heavy atom. The van der Waals surface area contributed by atoms with Gasteiger partial charge in [-0.15, -0.1) is 0 Å². The van der Waals surface area contributed by atoms with Crippen LogP contribution in [-0.2, 0) is 11.2 Å². The van der Waals surface area contributed by atoms with Crippen LogP contribution in [0.3, 0.4) is 0 Å². The van der Waals surface area contributed by atoms with Crippen LogP contribution in [0.1, 0.15) is 37.7 Å². The number of nitrogens with one attached hydrogen (secondary N) is 1. The summed E-state index contributed by atoms with van der Waals surface area (Å²) >= 11 is 0. The Labute approximate surface area is 138 Å². The van der Waals surface area contributed by atoms with E-state index in [1.54, 1.807) is 0 Å². The number of ether oxygens (including phenoxy) is 1. The molecule has 0 spiro atoms. The smallest absolute Gasteiger partial charge is 0.0704 e. The fraction of sp³-hybridized carbons (Fsp3) is 0.550. The van der Waals surface area contributed by atoms with Crippen molar-refractivity contribution < 1.29 is 4.74 Å². The van der Waals surface area contributed by atoms with Gasteiger partial charge in [0.2, 0.25) is 0 Å². The second kappa shape index (κ2) is 6.98. The number of aromatic nitrogens is 1. The standard InChI is InChI=1S/C20H26N2O/c1-2-6-17(7-3-1)22-20-14-23-13-16(20)12-15-10-11-21-19-9-5-4-8-18(15)19/h4-5,8-11,16-17,20,22H,1-3,6-7,12-14H2/t16-,20+/m1/s1. The van der Waals surface area contributed by atoms with Crippen molar-refractivity contribution in [3.05, 3.63) is 42.1 Å². The van der Waals surface area contributed by atoms with Gasteiger partial charge in [0.05, 0.1) is 18.7 Å². The summed E-state index contributed by atoms with van der Waals surface area (Å²) in [6.07, 6.45) is 9.86. The van der Waals surface area contributed by atoms with E-state index in [2.05, 4.69) is 40.6 Å². The molecule has 0 radical (unpaired) electrons. The largest absolute Gasteiger partial charge is 0.379 e. The maximum Gasteiger partial charge on any atom is 0.0704 e. The zero-order valence-electron chi connectivity index (χ0n) is 13.7. The molecule has 2 aromatic rings. The summed E-state index contributed by atoms with van der Waals surface area (Å²) < 4.78 is 5.82. The zero-order valence-corrected chi connectivity index (χ0v) is 13.7. The first-order valence-corrected chi connectivity index (χ1v) is 9.06. The van der Waals surface area contributed by atoms with Gasteiger partial charge in [0.15, 0.2) is 0 Å². The molecule has 0 amide bonds. The molecule has 1 aliphatic carbocycles. The van der Waals surface area contributed by atoms with Crippen molar-refractivity contribution in [2.24, 2.45) is 5.92 Å². The molecule has 2 heterocycles. The lowest BCUT2D eigenvalue weighted by molar-refractivity contribution is 0.180. The molecule has 1 N–H and O–H groups in total. The molecule has 1 aromatic carbocycles. The van der Waals surface area contributed by atoms with Gasteiger partial charge in [-0.2, -0.15) is 0 Å². The number of fused-ring (bicyclic) bond motifs is 1. The average molecular weight is 310 g/mol. The molecule has 2 atom stereocenters. The van der Waals surface area contributed by atoms with Crippen molar-refractivity contribution in [3.63, 3.8) is 0 Å². The van der Waals surface area contributed by atoms with Crippen molar-refractivity contribution in [1.29, 1.82) is 0 Å². The molecule has 122 valence electrons. The number of benzene rings is 1. The zero-order chi connectivity index (χ0) is 15.5. The average Bonchev–Trinajstić information content (AvgIpc) is 3.03. The summed E-state index contributed by atoms with van der Waals surface area (Å²) in [5.74, 6) is 0.572. The minimum atomic E-state index is 0.505. The highest BCUT2D eigenvalue weighted by atomic mass is 16.5. The van der Waals surface area contributed by atoms with Crippen LogP contribution in [0, 0.1) is 5.92 Å². The van der Waals surface area contributed by atoms with Gasteiger partial charge in [-0.05, 0) is 37.0 Å². The van der Waals surface area contributed by atoms with Gasteiger partial charge in [-0.1, -0.05) is 37.5 Å². The van der Waals surface area contributed by atoms with E-state index < -0.39 is 0 Å². The molecule has 4 rings (SSSR count). The molecule has 0 unspecified atom stereocenters. The Hall–Kier alpha value is -1.45. The van der Waals surface area contributed by atoms with Crippen LogP contribution in [0.2, 0.25) is 0 Å². The van der Waals surface area contributed by atoms with Gasteiger partial charge in [-0.25, -0.2) is 0 Å². The second-order valence-corrected chi connectivity index (χ2v) is 7.10. The molecular weight excluding hydrogens is 284 g/mol. The molecule has 1 aromatic heterocycles. The Bertz CT molecular complexity index is 646. The maximum absolute atomic E-state index is 5.82. The van der Waals surface area contributed by atoms with Crippen molar-refractivity contribution >= 4 is 10.9 Å². The van der Waals surface area contributed by atoms with E-state index in [9.17, 15) is 0 Å². The first kappa shape index (κ1) is 15.1. The number of nitrogens with zero attached hydrogens (tertiary/aromatic N) is 1. The molecular formula is C20H26N2O. The molecule has 1 saturated carbocycles. The number of pyridine rings is 1. The highest BCUT2D eigenvalue weighted by Gasteiger charge is 2.30. The van der Waals surface area contributed by atoms with Gasteiger partial charge in [0, 0.05) is 29.6 Å². The Morgan fingerprint density at radius 3 is 2.83 bits per heavy atom. The van der Waals surface area contributed by atoms with Crippen molar-refractivity contribution in [2.45, 2.75) is 50.6 Å². The second-order valence-electron chi connectivity index (χ2n) is 7.10. The van der Waals surface area contributed by atoms with E-state index in [1.807, 2.05) is 6.20 Å². The summed E-state index contributed by atoms with van der Waals surface area (Å²) in [6.45, 7) is 1.74. The molecule has 2 aliphatic rings. The highest BCUT2D eigenvalue weighted by molar-refractivity contribution is 5.81. The van der Waals surface area contributed by atoms with Crippen LogP contribution in [-0.4, -0.2) is 30.3 Å². The summed E-state index contributed by atoms with van der Waals surface area (Å²) in [5.41, 5.74) is 2.50. The number of hydrogen-bond acceptors (Lipinski definition) is 3. The van der Waals surface area contributed by atoms with Crippen LogP contribution < -0.4 is 5.32 Å². The van der Waals surface area contributed by atoms with Crippen molar-refractivity contribution in [3.8, 4) is 0 Å². The van der Waals surface area contributed by atoms with E-state index in [1.165, 1.54) is 43.1 Å². The first-order chi connectivity index (χ1) is 11.4. The van der Waals surface area contributed by atoms with Gasteiger partial charge < -0.3 is 10.1 Å². The molecule has 1 saturated heterocycles. The predicted octanol–water partition coefficient (Wildman–Crippen LogP) is 3.71. The number of hydrogen-bond donors (Lipinski definition) is 1. The minimum absolute atomic E-state index is 0.505. The van der Waals surface area contributed by atoms with E-state index >= 15 is 0 Å². The van der Waals surface area contributed by atoms with Crippen molar-refractivity contribution in [2.75, 3.05) is 13.2 Å². The highest BCUT2D eigenvalue weighted by Crippen LogP contribution is 2.26. The Balaban J connectivity index is 1.48. The summed E-state index contributed by atoms with van der Waals surface area (Å²) in [6, 6.07) is 11.8. The molecule has 2 fully saturated rings. The van der Waals surface area contributed by atoms with Crippen LogP contribution in [0.25, 0.3) is 10.9 Å². The van der Waals surface area contributed by atoms with E-state index in [4.69, 9.17) is 4.74 Å². The van der Waals surface area contributed by atoms with Gasteiger partial charge in [0.1, 0.15) is 0 Å². The third-order valence-corrected chi connectivity index (χ3v) is 5.47. The lowest BCUT2D eigenvalue weighted by Gasteiger charge is -2.28. The minimum Gasteiger partial charge on any atom is -0.379 e. The van der Waals surface area contributed by atoms with Crippen LogP contribution >= 0.6 is 0 Å². The first-order valence-electron chi connectivity index (χ1n) is 9.06. The summed E-state index contributed by atoms with van der Waals surface area (Å²) in [7, 11) is 0. The number of para-hydroxylation sites is 1. The molecule has 3 heteroatoms. The maximum atomic E-state index is 5.82. The Kier molecular flexibility index (Phi) is 4.58. The monoisotopic (exact) mass is 310 g/mol.